The molecule has 0 aliphatic heterocycles. The van der Waals surface area contributed by atoms with Gasteiger partial charge in [-0.2, -0.15) is 33.7 Å². The molecular weight excluding hydrogens is 1110 g/mol. The van der Waals surface area contributed by atoms with Crippen LogP contribution in [-0.4, -0.2) is 131 Å². The number of azo groups is 2. The molecule has 0 fully saturated rings. The van der Waals surface area contributed by atoms with Crippen molar-refractivity contribution in [2.45, 2.75) is 46.5 Å². The summed E-state index contributed by atoms with van der Waals surface area (Å²) >= 11 is -5.08. The molecule has 0 aliphatic carbocycles. The number of nitrogens with one attached hydrogen (secondary N) is 1. The summed E-state index contributed by atoms with van der Waals surface area (Å²) in [7, 11) is -19.7. The number of aromatic hydroxyl groups is 2. The molecule has 4 aromatic rings. The van der Waals surface area contributed by atoms with Crippen molar-refractivity contribution in [3.8, 4) is 11.8 Å². The highest BCUT2D eigenvalue weighted by Gasteiger charge is 2.26. The van der Waals surface area contributed by atoms with Crippen molar-refractivity contribution in [3.05, 3.63) is 79.4 Å². The van der Waals surface area contributed by atoms with Crippen LogP contribution in [0.3, 0.4) is 0 Å². The predicted octanol–water partition coefficient (Wildman–Crippen LogP) is -0.433. The van der Waals surface area contributed by atoms with Crippen LogP contribution in [0.4, 0.5) is 22.7 Å². The molecule has 0 radical (unpaired) electrons. The van der Waals surface area contributed by atoms with E-state index in [1.807, 2.05) is 0 Å². The van der Waals surface area contributed by atoms with Gasteiger partial charge in [0.1, 0.15) is 38.0 Å². The van der Waals surface area contributed by atoms with Crippen molar-refractivity contribution >= 4 is 97.5 Å². The van der Waals surface area contributed by atoms with Crippen LogP contribution in [0.5, 0.6) is 11.8 Å². The minimum atomic E-state index is -5.21. The van der Waals surface area contributed by atoms with Gasteiger partial charge in [-0.15, -0.1) is 24.8 Å². The van der Waals surface area contributed by atoms with Crippen LogP contribution in [0.1, 0.15) is 31.8 Å². The second-order valence-electron chi connectivity index (χ2n) is 14.0. The van der Waals surface area contributed by atoms with Gasteiger partial charge in [-0.05, 0) is 50.2 Å². The van der Waals surface area contributed by atoms with Gasteiger partial charge in [0.25, 0.3) is 53.3 Å². The number of pyridine rings is 2. The summed E-state index contributed by atoms with van der Waals surface area (Å²) < 4.78 is 165. The second-order valence-corrected chi connectivity index (χ2v) is 21.9. The number of rotatable bonds is 26. The van der Waals surface area contributed by atoms with E-state index in [0.29, 0.717) is 21.3 Å². The van der Waals surface area contributed by atoms with Crippen molar-refractivity contribution in [1.82, 2.24) is 14.5 Å². The van der Waals surface area contributed by atoms with E-state index in [0.717, 1.165) is 38.1 Å². The van der Waals surface area contributed by atoms with Crippen LogP contribution in [0.15, 0.2) is 86.0 Å². The fourth-order valence-corrected chi connectivity index (χ4v) is 9.68. The third kappa shape index (κ3) is 15.4. The van der Waals surface area contributed by atoms with Gasteiger partial charge in [-0.1, -0.05) is 0 Å². The molecule has 0 saturated carbocycles. The van der Waals surface area contributed by atoms with E-state index in [9.17, 15) is 80.6 Å². The number of carbonyl (C=O) groups excluding carboxylic acids is 2. The van der Waals surface area contributed by atoms with Gasteiger partial charge >= 0.3 is 10.4 Å². The highest BCUT2D eigenvalue weighted by atomic mass is 32.3. The normalized spacial score (nSPS) is 13.5. The van der Waals surface area contributed by atoms with E-state index in [2.05, 4.69) is 34.3 Å². The van der Waals surface area contributed by atoms with E-state index >= 15 is 0 Å². The van der Waals surface area contributed by atoms with Gasteiger partial charge < -0.3 is 27.0 Å². The first-order chi connectivity index (χ1) is 33.8. The first-order valence-corrected chi connectivity index (χ1v) is 27.4. The maximum absolute atomic E-state index is 13.7. The lowest BCUT2D eigenvalue weighted by Gasteiger charge is -2.16. The number of aromatic nitrogens is 2. The molecule has 4 rings (SSSR count). The quantitative estimate of drug-likeness (QED) is 0.0127. The van der Waals surface area contributed by atoms with Crippen LogP contribution < -0.4 is 27.9 Å². The Morgan fingerprint density at radius 2 is 1.05 bits per heavy atom. The zero-order valence-electron chi connectivity index (χ0n) is 36.9. The fourth-order valence-electron chi connectivity index (χ4n) is 5.97. The molecule has 0 saturated heterocycles. The van der Waals surface area contributed by atoms with Gasteiger partial charge in [0.2, 0.25) is 11.8 Å². The molecule has 0 spiro atoms. The second kappa shape index (κ2) is 24.2. The molecular formula is C34H39N9O24S6. The van der Waals surface area contributed by atoms with Crippen molar-refractivity contribution in [1.29, 1.82) is 0 Å². The summed E-state index contributed by atoms with van der Waals surface area (Å²) in [6, 6.07) is 4.89. The lowest BCUT2D eigenvalue weighted by Crippen LogP contribution is -2.33. The average molecular weight is 1150 g/mol. The molecule has 2 amide bonds. The molecule has 33 nitrogen and oxygen atoms in total. The van der Waals surface area contributed by atoms with E-state index < -0.39 is 190 Å². The van der Waals surface area contributed by atoms with Gasteiger partial charge in [0.15, 0.2) is 33.5 Å². The number of nitrogens with two attached hydrogens (primary N) is 2. The number of nitrogens with zero attached hydrogens (tertiary/aromatic N) is 6. The monoisotopic (exact) mass is 1150 g/mol. The van der Waals surface area contributed by atoms with Crippen LogP contribution >= 0.6 is 0 Å². The largest absolute Gasteiger partial charge is 0.494 e. The Morgan fingerprint density at radius 3 is 1.41 bits per heavy atom. The minimum Gasteiger partial charge on any atom is -0.494 e. The Bertz CT molecular complexity index is 3550. The first kappa shape index (κ1) is 59.4. The molecule has 2 heterocycles. The zero-order chi connectivity index (χ0) is 55.0. The molecule has 2 aromatic heterocycles. The third-order valence-electron chi connectivity index (χ3n) is 9.29. The third-order valence-corrected chi connectivity index (χ3v) is 14.5. The first-order valence-electron chi connectivity index (χ1n) is 19.4. The molecule has 39 heteroatoms. The van der Waals surface area contributed by atoms with Gasteiger partial charge in [-0.3, -0.25) is 50.3 Å². The molecule has 0 bridgehead atoms. The SMILES string of the molecule is Cc1c(C(N)=O)c(O)n(CCNCCn2c(O)c(C(N)=O)c(C)c(N=Nc3ccc(S(=O)OCCS(=O)(=O)OO)cc3S(=O)(=O)O)c2=O)c(=O)c1N=Nc1ccc(S(=O)OCCOS(=O)(=O)O)cc1S(=O)(=O)O. The van der Waals surface area contributed by atoms with E-state index in [-0.39, 0.29) is 24.2 Å². The van der Waals surface area contributed by atoms with Crippen molar-refractivity contribution < 1.29 is 97.7 Å². The van der Waals surface area contributed by atoms with Crippen molar-refractivity contribution in [3.63, 3.8) is 0 Å². The minimum absolute atomic E-state index is 0.308. The van der Waals surface area contributed by atoms with Crippen LogP contribution in [-0.2, 0) is 92.9 Å². The maximum atomic E-state index is 13.7. The fraction of sp³-hybridized carbons (Fsp3) is 0.294. The van der Waals surface area contributed by atoms with Gasteiger partial charge in [-0.25, -0.2) is 17.9 Å². The van der Waals surface area contributed by atoms with Crippen LogP contribution in [0.25, 0.3) is 0 Å². The molecule has 0 aliphatic rings. The molecule has 2 atom stereocenters. The van der Waals surface area contributed by atoms with Gasteiger partial charge in [0.05, 0.1) is 29.6 Å². The molecule has 2 aromatic carbocycles. The Hall–Kier alpha value is -6.18. The molecule has 11 N–H and O–H groups in total. The standard InChI is InChI=1S/C34H39N9O24S6/c1-17-25(29(35)44)31(46)42(33(48)27(17)40-38-21-5-3-19(15-23(21)71(55,56)57)68(51)64-11-12-66-73(61,62)63)9-7-37-8-10-43-32(47)26(30(36)45)18(2)28(34(43)49)41-39-22-6-4-20(16-24(22)72(58,59)60)69(52)65-13-14-70(53,54)67-50/h3-6,15-16,37,46-47,50H,7-14H2,1-2H3,(H2,35,44)(H2,36,45)(H,55,56,57)(H,58,59,60)(H,61,62,63). The summed E-state index contributed by atoms with van der Waals surface area (Å²) in [5.74, 6) is -5.45. The lowest BCUT2D eigenvalue weighted by atomic mass is 10.1. The van der Waals surface area contributed by atoms with E-state index in [1.54, 1.807) is 0 Å². The number of hydrogen-bond donors (Lipinski definition) is 9. The zero-order valence-corrected chi connectivity index (χ0v) is 41.8. The van der Waals surface area contributed by atoms with Crippen LogP contribution in [0, 0.1) is 13.8 Å². The summed E-state index contributed by atoms with van der Waals surface area (Å²) in [6.45, 7) is -1.70. The molecule has 400 valence electrons. The molecule has 73 heavy (non-hydrogen) atoms. The Kier molecular flexibility index (Phi) is 19.7. The summed E-state index contributed by atoms with van der Waals surface area (Å²) in [4.78, 5) is 49.3. The number of carbonyl (C=O) groups is 2. The van der Waals surface area contributed by atoms with Crippen molar-refractivity contribution in [2.75, 3.05) is 38.7 Å². The number of primary amides is 2. The van der Waals surface area contributed by atoms with E-state index in [1.165, 1.54) is 0 Å². The van der Waals surface area contributed by atoms with E-state index in [4.69, 9.17) is 29.6 Å². The highest BCUT2D eigenvalue weighted by Crippen LogP contribution is 2.33. The smallest absolute Gasteiger partial charge is 0.397 e. The van der Waals surface area contributed by atoms with Crippen LogP contribution in [0.2, 0.25) is 0 Å². The summed E-state index contributed by atoms with van der Waals surface area (Å²) in [6.07, 6.45) is 0. The molecule has 2 unspecified atom stereocenters. The number of benzene rings is 2. The Balaban J connectivity index is 1.60. The number of hydrogen-bond acceptors (Lipinski definition) is 26. The average Bonchev–Trinajstić information content (AvgIpc) is 3.28. The number of amides is 2. The maximum Gasteiger partial charge on any atom is 0.397 e. The summed E-state index contributed by atoms with van der Waals surface area (Å²) in [5, 5.41) is 47.9. The van der Waals surface area contributed by atoms with Gasteiger partial charge in [0, 0.05) is 37.3 Å². The van der Waals surface area contributed by atoms with Crippen molar-refractivity contribution in [2.24, 2.45) is 31.9 Å². The lowest BCUT2D eigenvalue weighted by molar-refractivity contribution is -0.130. The summed E-state index contributed by atoms with van der Waals surface area (Å²) in [5.41, 5.74) is 3.90. The topological polar surface area (TPSA) is 521 Å². The Labute approximate surface area is 415 Å². The highest BCUT2D eigenvalue weighted by molar-refractivity contribution is 7.87. The Morgan fingerprint density at radius 1 is 0.658 bits per heavy atom. The predicted molar refractivity (Wildman–Crippen MR) is 245 cm³/mol.